The maximum absolute atomic E-state index is 5.77. The first kappa shape index (κ1) is 14.9. The number of ether oxygens (including phenoxy) is 1. The van der Waals surface area contributed by atoms with Gasteiger partial charge >= 0.3 is 0 Å². The zero-order valence-electron chi connectivity index (χ0n) is 13.0. The van der Waals surface area contributed by atoms with Gasteiger partial charge in [0, 0.05) is 31.9 Å². The fraction of sp³-hybridized carbons (Fsp3) is 0.667. The largest absolute Gasteiger partial charge is 0.376 e. The number of hydrogen-bond donors (Lipinski definition) is 1. The van der Waals surface area contributed by atoms with Crippen LogP contribution in [0, 0.1) is 5.92 Å². The molecule has 1 unspecified atom stereocenters. The molecule has 1 atom stereocenters. The minimum atomic E-state index is 0.461. The van der Waals surface area contributed by atoms with Crippen LogP contribution in [0.25, 0.3) is 0 Å². The maximum Gasteiger partial charge on any atom is 0.0700 e. The van der Waals surface area contributed by atoms with Crippen molar-refractivity contribution in [2.75, 3.05) is 37.7 Å². The Kier molecular flexibility index (Phi) is 5.53. The van der Waals surface area contributed by atoms with Crippen molar-refractivity contribution in [3.8, 4) is 0 Å². The van der Waals surface area contributed by atoms with Crippen molar-refractivity contribution in [2.45, 2.75) is 38.2 Å². The number of hydrogen-bond acceptors (Lipinski definition) is 3. The molecule has 0 saturated carbocycles. The molecular weight excluding hydrogens is 260 g/mol. The molecule has 3 nitrogen and oxygen atoms in total. The molecule has 3 heteroatoms. The number of nitrogens with zero attached hydrogens (tertiary/aromatic N) is 1. The Balaban J connectivity index is 1.34. The molecule has 2 heterocycles. The molecule has 2 aliphatic heterocycles. The number of benzene rings is 1. The molecule has 2 fully saturated rings. The number of rotatable bonds is 5. The van der Waals surface area contributed by atoms with E-state index in [-0.39, 0.29) is 0 Å². The first-order chi connectivity index (χ1) is 10.4. The van der Waals surface area contributed by atoms with E-state index in [2.05, 4.69) is 40.5 Å². The number of para-hydroxylation sites is 1. The van der Waals surface area contributed by atoms with E-state index in [1.807, 2.05) is 0 Å². The highest BCUT2D eigenvalue weighted by molar-refractivity contribution is 5.46. The Hall–Kier alpha value is -1.06. The van der Waals surface area contributed by atoms with Crippen LogP contribution in [0.3, 0.4) is 0 Å². The van der Waals surface area contributed by atoms with Crippen LogP contribution in [0.5, 0.6) is 0 Å². The topological polar surface area (TPSA) is 24.5 Å². The molecule has 21 heavy (non-hydrogen) atoms. The summed E-state index contributed by atoms with van der Waals surface area (Å²) in [6.07, 6.45) is 7.08. The third-order valence-corrected chi connectivity index (χ3v) is 4.88. The normalized spacial score (nSPS) is 24.2. The van der Waals surface area contributed by atoms with Crippen molar-refractivity contribution in [2.24, 2.45) is 5.92 Å². The molecule has 0 aromatic heterocycles. The van der Waals surface area contributed by atoms with E-state index in [4.69, 9.17) is 4.74 Å². The fourth-order valence-corrected chi connectivity index (χ4v) is 3.56. The average molecular weight is 288 g/mol. The summed E-state index contributed by atoms with van der Waals surface area (Å²) >= 11 is 0. The molecule has 1 aromatic carbocycles. The molecule has 1 N–H and O–H groups in total. The van der Waals surface area contributed by atoms with Gasteiger partial charge in [-0.3, -0.25) is 0 Å². The van der Waals surface area contributed by atoms with Crippen molar-refractivity contribution in [1.82, 2.24) is 5.32 Å². The standard InChI is InChI=1S/C18H28N2O/c1-2-6-17(7-3-1)20-12-9-16(10-13-20)5-4-8-18-15-19-11-14-21-18/h1-3,6-7,16,18-19H,4-5,8-15H2. The van der Waals surface area contributed by atoms with Gasteiger partial charge in [-0.25, -0.2) is 0 Å². The van der Waals surface area contributed by atoms with E-state index >= 15 is 0 Å². The molecule has 0 aliphatic carbocycles. The Morgan fingerprint density at radius 2 is 1.90 bits per heavy atom. The summed E-state index contributed by atoms with van der Waals surface area (Å²) in [6.45, 7) is 5.40. The quantitative estimate of drug-likeness (QED) is 0.901. The Morgan fingerprint density at radius 1 is 1.10 bits per heavy atom. The van der Waals surface area contributed by atoms with Gasteiger partial charge in [-0.2, -0.15) is 0 Å². The summed E-state index contributed by atoms with van der Waals surface area (Å²) in [7, 11) is 0. The van der Waals surface area contributed by atoms with Gasteiger partial charge in [0.25, 0.3) is 0 Å². The van der Waals surface area contributed by atoms with Gasteiger partial charge in [0.05, 0.1) is 12.7 Å². The number of anilines is 1. The lowest BCUT2D eigenvalue weighted by atomic mass is 9.90. The minimum absolute atomic E-state index is 0.461. The summed E-state index contributed by atoms with van der Waals surface area (Å²) in [4.78, 5) is 2.53. The summed E-state index contributed by atoms with van der Waals surface area (Å²) in [6, 6.07) is 10.8. The zero-order chi connectivity index (χ0) is 14.3. The predicted octanol–water partition coefficient (Wildman–Crippen LogP) is 3.06. The second kappa shape index (κ2) is 7.81. The summed E-state index contributed by atoms with van der Waals surface area (Å²) in [5.41, 5.74) is 1.39. The molecule has 3 rings (SSSR count). The van der Waals surface area contributed by atoms with Crippen LogP contribution in [0.2, 0.25) is 0 Å². The molecule has 0 amide bonds. The van der Waals surface area contributed by atoms with E-state index in [9.17, 15) is 0 Å². The first-order valence-corrected chi connectivity index (χ1v) is 8.54. The molecule has 0 radical (unpaired) electrons. The van der Waals surface area contributed by atoms with E-state index < -0.39 is 0 Å². The minimum Gasteiger partial charge on any atom is -0.376 e. The lowest BCUT2D eigenvalue weighted by Crippen LogP contribution is -2.38. The van der Waals surface area contributed by atoms with Crippen LogP contribution in [0.4, 0.5) is 5.69 Å². The Bertz CT molecular complexity index is 395. The van der Waals surface area contributed by atoms with Crippen molar-refractivity contribution in [3.05, 3.63) is 30.3 Å². The van der Waals surface area contributed by atoms with E-state index in [0.717, 1.165) is 25.6 Å². The fourth-order valence-electron chi connectivity index (χ4n) is 3.56. The summed E-state index contributed by atoms with van der Waals surface area (Å²) in [5, 5.41) is 3.42. The zero-order valence-corrected chi connectivity index (χ0v) is 13.0. The molecule has 2 aliphatic rings. The Labute approximate surface area is 128 Å². The lowest BCUT2D eigenvalue weighted by Gasteiger charge is -2.34. The SMILES string of the molecule is c1ccc(N2CCC(CCCC3CNCCO3)CC2)cc1. The van der Waals surface area contributed by atoms with Crippen LogP contribution in [-0.2, 0) is 4.74 Å². The van der Waals surface area contributed by atoms with Crippen molar-refractivity contribution in [1.29, 1.82) is 0 Å². The molecule has 0 bridgehead atoms. The van der Waals surface area contributed by atoms with Crippen LogP contribution >= 0.6 is 0 Å². The van der Waals surface area contributed by atoms with Crippen molar-refractivity contribution in [3.63, 3.8) is 0 Å². The van der Waals surface area contributed by atoms with Crippen LogP contribution in [0.1, 0.15) is 32.1 Å². The molecular formula is C18H28N2O. The van der Waals surface area contributed by atoms with Gasteiger partial charge in [-0.1, -0.05) is 31.0 Å². The molecule has 2 saturated heterocycles. The maximum atomic E-state index is 5.77. The lowest BCUT2D eigenvalue weighted by molar-refractivity contribution is 0.0213. The Morgan fingerprint density at radius 3 is 2.62 bits per heavy atom. The average Bonchev–Trinajstić information content (AvgIpc) is 2.57. The van der Waals surface area contributed by atoms with Gasteiger partial charge in [0.2, 0.25) is 0 Å². The number of nitrogens with one attached hydrogen (secondary N) is 1. The predicted molar refractivity (Wildman–Crippen MR) is 87.8 cm³/mol. The smallest absolute Gasteiger partial charge is 0.0700 e. The monoisotopic (exact) mass is 288 g/mol. The third-order valence-electron chi connectivity index (χ3n) is 4.88. The second-order valence-corrected chi connectivity index (χ2v) is 6.39. The summed E-state index contributed by atoms with van der Waals surface area (Å²) in [5.74, 6) is 0.918. The van der Waals surface area contributed by atoms with Crippen LogP contribution < -0.4 is 10.2 Å². The van der Waals surface area contributed by atoms with Gasteiger partial charge in [0.15, 0.2) is 0 Å². The van der Waals surface area contributed by atoms with Crippen LogP contribution in [0.15, 0.2) is 30.3 Å². The molecule has 116 valence electrons. The highest BCUT2D eigenvalue weighted by atomic mass is 16.5. The van der Waals surface area contributed by atoms with E-state index in [1.165, 1.54) is 50.9 Å². The van der Waals surface area contributed by atoms with Gasteiger partial charge in [-0.05, 0) is 37.3 Å². The summed E-state index contributed by atoms with van der Waals surface area (Å²) < 4.78 is 5.77. The van der Waals surface area contributed by atoms with Gasteiger partial charge < -0.3 is 15.0 Å². The molecule has 0 spiro atoms. The van der Waals surface area contributed by atoms with Gasteiger partial charge in [-0.15, -0.1) is 0 Å². The van der Waals surface area contributed by atoms with Crippen LogP contribution in [-0.4, -0.2) is 38.9 Å². The first-order valence-electron chi connectivity index (χ1n) is 8.54. The van der Waals surface area contributed by atoms with E-state index in [0.29, 0.717) is 6.10 Å². The number of morpholine rings is 1. The van der Waals surface area contributed by atoms with Gasteiger partial charge in [0.1, 0.15) is 0 Å². The second-order valence-electron chi connectivity index (χ2n) is 6.39. The highest BCUT2D eigenvalue weighted by Gasteiger charge is 2.20. The molecule has 1 aromatic rings. The number of piperidine rings is 1. The van der Waals surface area contributed by atoms with Crippen molar-refractivity contribution >= 4 is 5.69 Å². The van der Waals surface area contributed by atoms with Crippen molar-refractivity contribution < 1.29 is 4.74 Å². The van der Waals surface area contributed by atoms with E-state index in [1.54, 1.807) is 0 Å². The highest BCUT2D eigenvalue weighted by Crippen LogP contribution is 2.26. The third kappa shape index (κ3) is 4.45.